The van der Waals surface area contributed by atoms with Crippen molar-refractivity contribution < 1.29 is 14.3 Å². The second kappa shape index (κ2) is 8.52. The third-order valence-corrected chi connectivity index (χ3v) is 3.12. The van der Waals surface area contributed by atoms with Gasteiger partial charge in [-0.2, -0.15) is 0 Å². The Kier molecular flexibility index (Phi) is 7.02. The van der Waals surface area contributed by atoms with E-state index >= 15 is 0 Å². The maximum Gasteiger partial charge on any atom is 0.257 e. The lowest BCUT2D eigenvalue weighted by Crippen LogP contribution is -2.30. The molecule has 0 aliphatic rings. The van der Waals surface area contributed by atoms with E-state index in [-0.39, 0.29) is 18.6 Å². The normalized spacial score (nSPS) is 12.1. The lowest BCUT2D eigenvalue weighted by molar-refractivity contribution is -0.123. The SMILES string of the molecule is COc1cc([C@H](C)N)ccc1OCC(=O)NCCC(C)C. The Bertz CT molecular complexity index is 459. The maximum absolute atomic E-state index is 11.7. The number of nitrogens with one attached hydrogen (secondary N) is 1. The summed E-state index contributed by atoms with van der Waals surface area (Å²) in [4.78, 5) is 11.7. The third kappa shape index (κ3) is 6.04. The van der Waals surface area contributed by atoms with E-state index in [9.17, 15) is 4.79 Å². The second-order valence-corrected chi connectivity index (χ2v) is 5.52. The quantitative estimate of drug-likeness (QED) is 0.771. The summed E-state index contributed by atoms with van der Waals surface area (Å²) >= 11 is 0. The fourth-order valence-electron chi connectivity index (χ4n) is 1.78. The first kappa shape index (κ1) is 17.3. The van der Waals surface area contributed by atoms with Crippen LogP contribution in [0.3, 0.4) is 0 Å². The van der Waals surface area contributed by atoms with E-state index in [1.807, 2.05) is 19.1 Å². The second-order valence-electron chi connectivity index (χ2n) is 5.52. The van der Waals surface area contributed by atoms with Crippen LogP contribution in [0, 0.1) is 5.92 Å². The van der Waals surface area contributed by atoms with E-state index in [0.29, 0.717) is 24.0 Å². The zero-order valence-electron chi connectivity index (χ0n) is 13.3. The molecule has 5 heteroatoms. The van der Waals surface area contributed by atoms with Crippen molar-refractivity contribution in [3.8, 4) is 11.5 Å². The van der Waals surface area contributed by atoms with Gasteiger partial charge in [-0.3, -0.25) is 4.79 Å². The Morgan fingerprint density at radius 2 is 2.00 bits per heavy atom. The highest BCUT2D eigenvalue weighted by atomic mass is 16.5. The zero-order valence-corrected chi connectivity index (χ0v) is 13.3. The van der Waals surface area contributed by atoms with Gasteiger partial charge in [-0.1, -0.05) is 19.9 Å². The lowest BCUT2D eigenvalue weighted by Gasteiger charge is -2.13. The molecule has 3 N–H and O–H groups in total. The number of carbonyl (C=O) groups is 1. The fourth-order valence-corrected chi connectivity index (χ4v) is 1.78. The van der Waals surface area contributed by atoms with E-state index in [1.165, 1.54) is 0 Å². The van der Waals surface area contributed by atoms with Crippen molar-refractivity contribution in [3.05, 3.63) is 23.8 Å². The highest BCUT2D eigenvalue weighted by Gasteiger charge is 2.10. The number of methoxy groups -OCH3 is 1. The molecule has 21 heavy (non-hydrogen) atoms. The Morgan fingerprint density at radius 1 is 1.29 bits per heavy atom. The smallest absolute Gasteiger partial charge is 0.257 e. The van der Waals surface area contributed by atoms with Crippen LogP contribution < -0.4 is 20.5 Å². The van der Waals surface area contributed by atoms with Gasteiger partial charge in [0.15, 0.2) is 18.1 Å². The molecule has 0 saturated carbocycles. The molecule has 0 fully saturated rings. The molecule has 0 radical (unpaired) electrons. The minimum absolute atomic E-state index is 0.0218. The van der Waals surface area contributed by atoms with Gasteiger partial charge in [0.05, 0.1) is 7.11 Å². The van der Waals surface area contributed by atoms with Gasteiger partial charge in [-0.05, 0) is 37.0 Å². The van der Waals surface area contributed by atoms with Gasteiger partial charge in [0.1, 0.15) is 0 Å². The highest BCUT2D eigenvalue weighted by Crippen LogP contribution is 2.29. The van der Waals surface area contributed by atoms with Crippen LogP contribution in [0.1, 0.15) is 38.8 Å². The third-order valence-electron chi connectivity index (χ3n) is 3.12. The summed E-state index contributed by atoms with van der Waals surface area (Å²) in [5.74, 6) is 1.56. The summed E-state index contributed by atoms with van der Waals surface area (Å²) in [5, 5.41) is 2.83. The van der Waals surface area contributed by atoms with Gasteiger partial charge < -0.3 is 20.5 Å². The number of hydrogen-bond acceptors (Lipinski definition) is 4. The van der Waals surface area contributed by atoms with Crippen molar-refractivity contribution in [3.63, 3.8) is 0 Å². The first-order valence-electron chi connectivity index (χ1n) is 7.27. The molecule has 1 aromatic rings. The van der Waals surface area contributed by atoms with E-state index in [0.717, 1.165) is 12.0 Å². The van der Waals surface area contributed by atoms with Gasteiger partial charge >= 0.3 is 0 Å². The number of ether oxygens (including phenoxy) is 2. The summed E-state index contributed by atoms with van der Waals surface area (Å²) in [6, 6.07) is 5.40. The van der Waals surface area contributed by atoms with Gasteiger partial charge in [-0.15, -0.1) is 0 Å². The van der Waals surface area contributed by atoms with Crippen LogP contribution in [0.2, 0.25) is 0 Å². The van der Waals surface area contributed by atoms with Crippen LogP contribution in [-0.2, 0) is 4.79 Å². The topological polar surface area (TPSA) is 73.6 Å². The summed E-state index contributed by atoms with van der Waals surface area (Å²) < 4.78 is 10.8. The van der Waals surface area contributed by atoms with Crippen LogP contribution in [0.25, 0.3) is 0 Å². The van der Waals surface area contributed by atoms with Gasteiger partial charge in [0.2, 0.25) is 0 Å². The van der Waals surface area contributed by atoms with Crippen LogP contribution >= 0.6 is 0 Å². The molecule has 118 valence electrons. The maximum atomic E-state index is 11.7. The van der Waals surface area contributed by atoms with Crippen molar-refractivity contribution in [2.75, 3.05) is 20.3 Å². The molecule has 0 aliphatic heterocycles. The lowest BCUT2D eigenvalue weighted by atomic mass is 10.1. The molecule has 0 spiro atoms. The number of hydrogen-bond donors (Lipinski definition) is 2. The Hall–Kier alpha value is -1.75. The van der Waals surface area contributed by atoms with Crippen LogP contribution in [0.4, 0.5) is 0 Å². The van der Waals surface area contributed by atoms with Crippen molar-refractivity contribution in [1.82, 2.24) is 5.32 Å². The van der Waals surface area contributed by atoms with Crippen molar-refractivity contribution >= 4 is 5.91 Å². The number of nitrogens with two attached hydrogens (primary N) is 1. The molecule has 0 aromatic heterocycles. The zero-order chi connectivity index (χ0) is 15.8. The number of carbonyl (C=O) groups excluding carboxylic acids is 1. The minimum Gasteiger partial charge on any atom is -0.493 e. The molecule has 0 saturated heterocycles. The standard InChI is InChI=1S/C16H26N2O3/c1-11(2)7-8-18-16(19)10-21-14-6-5-13(12(3)17)9-15(14)20-4/h5-6,9,11-12H,7-8,10,17H2,1-4H3,(H,18,19)/t12-/m0/s1. The molecule has 1 amide bonds. The number of rotatable bonds is 8. The van der Waals surface area contributed by atoms with Crippen LogP contribution in [-0.4, -0.2) is 26.2 Å². The van der Waals surface area contributed by atoms with Gasteiger partial charge in [0.25, 0.3) is 5.91 Å². The molecule has 1 aromatic carbocycles. The first-order valence-corrected chi connectivity index (χ1v) is 7.27. The number of benzene rings is 1. The summed E-state index contributed by atoms with van der Waals surface area (Å²) in [6.45, 7) is 6.78. The van der Waals surface area contributed by atoms with E-state index in [2.05, 4.69) is 19.2 Å². The molecular weight excluding hydrogens is 268 g/mol. The molecule has 0 heterocycles. The summed E-state index contributed by atoms with van der Waals surface area (Å²) in [6.07, 6.45) is 0.956. The predicted molar refractivity (Wildman–Crippen MR) is 83.6 cm³/mol. The van der Waals surface area contributed by atoms with Gasteiger partial charge in [0, 0.05) is 12.6 Å². The average Bonchev–Trinajstić information content (AvgIpc) is 2.44. The monoisotopic (exact) mass is 294 g/mol. The molecule has 1 rings (SSSR count). The molecular formula is C16H26N2O3. The Labute approximate surface area is 126 Å². The molecule has 5 nitrogen and oxygen atoms in total. The van der Waals surface area contributed by atoms with E-state index in [1.54, 1.807) is 13.2 Å². The Morgan fingerprint density at radius 3 is 2.57 bits per heavy atom. The van der Waals surface area contributed by atoms with E-state index < -0.39 is 0 Å². The summed E-state index contributed by atoms with van der Waals surface area (Å²) in [7, 11) is 1.57. The average molecular weight is 294 g/mol. The molecule has 0 aliphatic carbocycles. The van der Waals surface area contributed by atoms with Crippen molar-refractivity contribution in [2.24, 2.45) is 11.7 Å². The molecule has 0 unspecified atom stereocenters. The summed E-state index contributed by atoms with van der Waals surface area (Å²) in [5.41, 5.74) is 6.79. The Balaban J connectivity index is 2.53. The minimum atomic E-state index is -0.131. The van der Waals surface area contributed by atoms with Crippen LogP contribution in [0.5, 0.6) is 11.5 Å². The van der Waals surface area contributed by atoms with Crippen molar-refractivity contribution in [2.45, 2.75) is 33.2 Å². The van der Waals surface area contributed by atoms with Crippen molar-refractivity contribution in [1.29, 1.82) is 0 Å². The van der Waals surface area contributed by atoms with E-state index in [4.69, 9.17) is 15.2 Å². The largest absolute Gasteiger partial charge is 0.493 e. The fraction of sp³-hybridized carbons (Fsp3) is 0.562. The highest BCUT2D eigenvalue weighted by molar-refractivity contribution is 5.77. The van der Waals surface area contributed by atoms with Gasteiger partial charge in [-0.25, -0.2) is 0 Å². The predicted octanol–water partition coefficient (Wildman–Crippen LogP) is 2.26. The van der Waals surface area contributed by atoms with Crippen LogP contribution in [0.15, 0.2) is 18.2 Å². The molecule has 1 atom stereocenters. The first-order chi connectivity index (χ1) is 9.93. The number of amides is 1. The molecule has 0 bridgehead atoms.